The van der Waals surface area contributed by atoms with Gasteiger partial charge in [-0.15, -0.1) is 5.10 Å². The highest BCUT2D eigenvalue weighted by Crippen LogP contribution is 2.29. The van der Waals surface area contributed by atoms with Gasteiger partial charge in [0.1, 0.15) is 6.04 Å². The van der Waals surface area contributed by atoms with Gasteiger partial charge in [-0.1, -0.05) is 36.4 Å². The van der Waals surface area contributed by atoms with Crippen LogP contribution in [0, 0.1) is 13.8 Å². The molecule has 1 N–H and O–H groups in total. The minimum absolute atomic E-state index is 0.136. The van der Waals surface area contributed by atoms with Gasteiger partial charge in [-0.3, -0.25) is 14.5 Å². The summed E-state index contributed by atoms with van der Waals surface area (Å²) in [7, 11) is 0. The van der Waals surface area contributed by atoms with Crippen LogP contribution < -0.4 is 5.56 Å². The summed E-state index contributed by atoms with van der Waals surface area (Å²) in [5.41, 5.74) is 4.58. The molecule has 0 aliphatic carbocycles. The summed E-state index contributed by atoms with van der Waals surface area (Å²) >= 11 is 0. The van der Waals surface area contributed by atoms with E-state index in [4.69, 9.17) is 4.42 Å². The fourth-order valence-electron chi connectivity index (χ4n) is 5.58. The van der Waals surface area contributed by atoms with Gasteiger partial charge in [0.15, 0.2) is 11.6 Å². The number of furan rings is 1. The third-order valence-corrected chi connectivity index (χ3v) is 7.59. The molecule has 0 radical (unpaired) electrons. The van der Waals surface area contributed by atoms with Gasteiger partial charge < -0.3 is 14.3 Å². The average Bonchev–Trinajstić information content (AvgIpc) is 3.66. The third kappa shape index (κ3) is 5.05. The Kier molecular flexibility index (Phi) is 7.00. The molecular weight excluding hydrogens is 506 g/mol. The van der Waals surface area contributed by atoms with Crippen LogP contribution in [0.4, 0.5) is 0 Å². The lowest BCUT2D eigenvalue weighted by Crippen LogP contribution is -2.50. The molecule has 2 aromatic carbocycles. The number of carbonyl (C=O) groups excluding carboxylic acids is 1. The first-order valence-corrected chi connectivity index (χ1v) is 13.5. The Labute approximate surface area is 231 Å². The molecule has 4 heterocycles. The number of hydrogen-bond donors (Lipinski definition) is 1. The van der Waals surface area contributed by atoms with Crippen molar-refractivity contribution in [1.29, 1.82) is 0 Å². The molecule has 204 valence electrons. The molecule has 0 saturated carbocycles. The summed E-state index contributed by atoms with van der Waals surface area (Å²) < 4.78 is 7.12. The molecule has 3 aromatic heterocycles. The summed E-state index contributed by atoms with van der Waals surface area (Å²) in [6.07, 6.45) is 2.26. The van der Waals surface area contributed by atoms with E-state index in [0.717, 1.165) is 28.5 Å². The average molecular weight is 538 g/mol. The van der Waals surface area contributed by atoms with Crippen molar-refractivity contribution in [3.05, 3.63) is 111 Å². The highest BCUT2D eigenvalue weighted by atomic mass is 16.3. The number of rotatable bonds is 7. The molecule has 1 aliphatic rings. The van der Waals surface area contributed by atoms with E-state index in [1.807, 2.05) is 37.3 Å². The first-order chi connectivity index (χ1) is 19.5. The number of hydrogen-bond acceptors (Lipinski definition) is 7. The minimum atomic E-state index is -0.486. The van der Waals surface area contributed by atoms with Crippen LogP contribution in [0.5, 0.6) is 0 Å². The number of aryl methyl sites for hydroxylation is 4. The Morgan fingerprint density at radius 3 is 2.58 bits per heavy atom. The molecule has 0 unspecified atom stereocenters. The molecule has 40 heavy (non-hydrogen) atoms. The monoisotopic (exact) mass is 537 g/mol. The Morgan fingerprint density at radius 1 is 1.02 bits per heavy atom. The second-order valence-corrected chi connectivity index (χ2v) is 10.3. The maximum absolute atomic E-state index is 13.6. The van der Waals surface area contributed by atoms with E-state index in [9.17, 15) is 9.59 Å². The lowest BCUT2D eigenvalue weighted by atomic mass is 9.99. The lowest BCUT2D eigenvalue weighted by molar-refractivity contribution is 0.0558. The molecule has 0 bridgehead atoms. The number of aromatic amines is 1. The van der Waals surface area contributed by atoms with Gasteiger partial charge in [0, 0.05) is 49.2 Å². The van der Waals surface area contributed by atoms with Crippen molar-refractivity contribution in [2.45, 2.75) is 32.9 Å². The molecule has 1 saturated heterocycles. The highest BCUT2D eigenvalue weighted by Gasteiger charge is 2.34. The molecule has 6 rings (SSSR count). The van der Waals surface area contributed by atoms with Crippen LogP contribution in [0.1, 0.15) is 44.7 Å². The van der Waals surface area contributed by atoms with Crippen LogP contribution in [0.25, 0.3) is 10.9 Å². The number of nitrogens with one attached hydrogen (secondary N) is 1. The summed E-state index contributed by atoms with van der Waals surface area (Å²) in [4.78, 5) is 33.6. The van der Waals surface area contributed by atoms with E-state index in [2.05, 4.69) is 50.5 Å². The number of nitrogens with zero attached hydrogens (tertiary/aromatic N) is 6. The Morgan fingerprint density at radius 2 is 1.82 bits per heavy atom. The minimum Gasteiger partial charge on any atom is -0.459 e. The van der Waals surface area contributed by atoms with Crippen LogP contribution in [-0.4, -0.2) is 67.1 Å². The molecular formula is C30H31N7O3. The summed E-state index contributed by atoms with van der Waals surface area (Å²) in [6.45, 7) is 6.72. The van der Waals surface area contributed by atoms with Crippen molar-refractivity contribution in [1.82, 2.24) is 35.0 Å². The van der Waals surface area contributed by atoms with Gasteiger partial charge in [-0.05, 0) is 71.7 Å². The molecule has 1 amide bonds. The SMILES string of the molecule is Cc1cc(C)c2cc([C@@H](c3nnnn3CCc3ccccc3)N3CCN(C(=O)c4ccco4)CC3)c(=O)[nH]c2c1. The molecule has 10 heteroatoms. The van der Waals surface area contributed by atoms with Gasteiger partial charge in [0.05, 0.1) is 6.26 Å². The predicted octanol–water partition coefficient (Wildman–Crippen LogP) is 3.51. The fourth-order valence-corrected chi connectivity index (χ4v) is 5.58. The molecule has 1 aliphatic heterocycles. The van der Waals surface area contributed by atoms with Gasteiger partial charge >= 0.3 is 0 Å². The molecule has 1 atom stereocenters. The van der Waals surface area contributed by atoms with E-state index in [1.54, 1.807) is 21.7 Å². The number of pyridine rings is 1. The van der Waals surface area contributed by atoms with Crippen molar-refractivity contribution in [3.8, 4) is 0 Å². The van der Waals surface area contributed by atoms with E-state index < -0.39 is 6.04 Å². The van der Waals surface area contributed by atoms with Crippen LogP contribution >= 0.6 is 0 Å². The normalized spacial score (nSPS) is 15.0. The van der Waals surface area contributed by atoms with Crippen LogP contribution in [0.15, 0.2) is 76.1 Å². The number of piperazine rings is 1. The largest absolute Gasteiger partial charge is 0.459 e. The van der Waals surface area contributed by atoms with Crippen molar-refractivity contribution >= 4 is 16.8 Å². The van der Waals surface area contributed by atoms with E-state index in [1.165, 1.54) is 11.8 Å². The number of benzene rings is 2. The standard InChI is InChI=1S/C30H31N7O3/c1-20-17-21(2)23-19-24(29(38)31-25(23)18-20)27(28-32-33-34-37(28)11-10-22-7-4-3-5-8-22)35-12-14-36(15-13-35)30(39)26-9-6-16-40-26/h3-9,16-19,27H,10-15H2,1-2H3,(H,31,38)/t27-/m0/s1. The topological polar surface area (TPSA) is 113 Å². The maximum atomic E-state index is 13.6. The number of tetrazole rings is 1. The smallest absolute Gasteiger partial charge is 0.289 e. The van der Waals surface area contributed by atoms with E-state index in [0.29, 0.717) is 49.9 Å². The maximum Gasteiger partial charge on any atom is 0.289 e. The summed E-state index contributed by atoms with van der Waals surface area (Å²) in [5.74, 6) is 0.798. The first-order valence-electron chi connectivity index (χ1n) is 13.5. The first kappa shape index (κ1) is 25.7. The summed E-state index contributed by atoms with van der Waals surface area (Å²) in [5, 5.41) is 13.8. The second-order valence-electron chi connectivity index (χ2n) is 10.3. The predicted molar refractivity (Wildman–Crippen MR) is 150 cm³/mol. The lowest BCUT2D eigenvalue weighted by Gasteiger charge is -2.38. The zero-order chi connectivity index (χ0) is 27.6. The Balaban J connectivity index is 1.36. The number of H-pyrrole nitrogens is 1. The zero-order valence-corrected chi connectivity index (χ0v) is 22.6. The van der Waals surface area contributed by atoms with Gasteiger partial charge in [0.2, 0.25) is 0 Å². The van der Waals surface area contributed by atoms with E-state index in [-0.39, 0.29) is 11.5 Å². The molecule has 10 nitrogen and oxygen atoms in total. The quantitative estimate of drug-likeness (QED) is 0.338. The number of fused-ring (bicyclic) bond motifs is 1. The molecule has 0 spiro atoms. The van der Waals surface area contributed by atoms with Gasteiger partial charge in [-0.25, -0.2) is 4.68 Å². The molecule has 5 aromatic rings. The van der Waals surface area contributed by atoms with Crippen molar-refractivity contribution in [2.75, 3.05) is 26.2 Å². The van der Waals surface area contributed by atoms with E-state index >= 15 is 0 Å². The molecule has 1 fully saturated rings. The zero-order valence-electron chi connectivity index (χ0n) is 22.6. The number of amides is 1. The van der Waals surface area contributed by atoms with Gasteiger partial charge in [-0.2, -0.15) is 0 Å². The fraction of sp³-hybridized carbons (Fsp3) is 0.300. The van der Waals surface area contributed by atoms with Crippen molar-refractivity contribution in [2.24, 2.45) is 0 Å². The van der Waals surface area contributed by atoms with Crippen LogP contribution in [-0.2, 0) is 13.0 Å². The number of carbonyl (C=O) groups is 1. The number of aromatic nitrogens is 5. The van der Waals surface area contributed by atoms with Crippen LogP contribution in [0.3, 0.4) is 0 Å². The van der Waals surface area contributed by atoms with Crippen molar-refractivity contribution in [3.63, 3.8) is 0 Å². The second kappa shape index (κ2) is 10.9. The summed E-state index contributed by atoms with van der Waals surface area (Å²) in [6, 6.07) is 19.2. The third-order valence-electron chi connectivity index (χ3n) is 7.59. The Bertz CT molecular complexity index is 1680. The highest BCUT2D eigenvalue weighted by molar-refractivity contribution is 5.91. The van der Waals surface area contributed by atoms with Gasteiger partial charge in [0.25, 0.3) is 11.5 Å². The van der Waals surface area contributed by atoms with Crippen molar-refractivity contribution < 1.29 is 9.21 Å². The Hall–Kier alpha value is -4.57. The van der Waals surface area contributed by atoms with Crippen LogP contribution in [0.2, 0.25) is 0 Å².